The lowest BCUT2D eigenvalue weighted by atomic mass is 10.3. The van der Waals surface area contributed by atoms with Crippen LogP contribution in [0.3, 0.4) is 0 Å². The Bertz CT molecular complexity index is 320. The molecular weight excluding hydrogens is 172 g/mol. The van der Waals surface area contributed by atoms with Crippen LogP contribution in [0.1, 0.15) is 20.8 Å². The minimum Gasteiger partial charge on any atom is -0.345 e. The summed E-state index contributed by atoms with van der Waals surface area (Å²) in [5.74, 6) is 0. The molecule has 0 amide bonds. The van der Waals surface area contributed by atoms with Crippen LogP contribution < -0.4 is 0 Å². The average molecular weight is 190 g/mol. The van der Waals surface area contributed by atoms with Crippen LogP contribution in [0, 0.1) is 0 Å². The van der Waals surface area contributed by atoms with E-state index in [1.54, 1.807) is 12.4 Å². The average Bonchev–Trinajstić information content (AvgIpc) is 2.69. The number of hydrogen-bond donors (Lipinski definition) is 1. The van der Waals surface area contributed by atoms with Gasteiger partial charge in [0.1, 0.15) is 0 Å². The van der Waals surface area contributed by atoms with E-state index in [1.165, 1.54) is 0 Å². The van der Waals surface area contributed by atoms with Crippen LogP contribution in [0.4, 0.5) is 0 Å². The van der Waals surface area contributed by atoms with Crippen LogP contribution in [-0.2, 0) is 0 Å². The number of allylic oxidation sites excluding steroid dienone is 1. The van der Waals surface area contributed by atoms with Crippen molar-refractivity contribution in [2.75, 3.05) is 0 Å². The molecule has 2 nitrogen and oxygen atoms in total. The number of nitrogens with one attached hydrogen (secondary N) is 1. The third kappa shape index (κ3) is 3.90. The summed E-state index contributed by atoms with van der Waals surface area (Å²) in [5.41, 5.74) is 2.12. The first-order valence-electron chi connectivity index (χ1n) is 4.83. The zero-order valence-electron chi connectivity index (χ0n) is 9.12. The molecular formula is C12H18N2. The first-order chi connectivity index (χ1) is 6.88. The summed E-state index contributed by atoms with van der Waals surface area (Å²) in [4.78, 5) is 7.07. The van der Waals surface area contributed by atoms with Gasteiger partial charge in [0.15, 0.2) is 0 Å². The lowest BCUT2D eigenvalue weighted by molar-refractivity contribution is 1.34. The van der Waals surface area contributed by atoms with Crippen LogP contribution in [0.2, 0.25) is 0 Å². The monoisotopic (exact) mass is 190 g/mol. The van der Waals surface area contributed by atoms with Crippen molar-refractivity contribution in [3.8, 4) is 0 Å². The Kier molecular flexibility index (Phi) is 7.15. The van der Waals surface area contributed by atoms with E-state index in [9.17, 15) is 0 Å². The zero-order valence-corrected chi connectivity index (χ0v) is 9.12. The molecule has 2 rings (SSSR count). The number of aromatic nitrogens is 2. The topological polar surface area (TPSA) is 28.7 Å². The van der Waals surface area contributed by atoms with Crippen molar-refractivity contribution >= 4 is 11.0 Å². The van der Waals surface area contributed by atoms with Crippen molar-refractivity contribution < 1.29 is 0 Å². The van der Waals surface area contributed by atoms with Crippen LogP contribution in [0.25, 0.3) is 11.0 Å². The Morgan fingerprint density at radius 3 is 2.43 bits per heavy atom. The van der Waals surface area contributed by atoms with Gasteiger partial charge in [0.25, 0.3) is 0 Å². The Morgan fingerprint density at radius 2 is 1.86 bits per heavy atom. The van der Waals surface area contributed by atoms with Crippen LogP contribution in [-0.4, -0.2) is 9.97 Å². The molecule has 0 aliphatic carbocycles. The van der Waals surface area contributed by atoms with E-state index in [-0.39, 0.29) is 0 Å². The predicted molar refractivity (Wildman–Crippen MR) is 63.3 cm³/mol. The fourth-order valence-electron chi connectivity index (χ4n) is 0.880. The van der Waals surface area contributed by atoms with Gasteiger partial charge in [-0.1, -0.05) is 32.1 Å². The number of hydrogen-bond acceptors (Lipinski definition) is 1. The van der Waals surface area contributed by atoms with E-state index in [0.29, 0.717) is 0 Å². The fourth-order valence-corrected chi connectivity index (χ4v) is 0.880. The molecule has 76 valence electrons. The molecule has 1 N–H and O–H groups in total. The lowest BCUT2D eigenvalue weighted by Gasteiger charge is -1.81. The van der Waals surface area contributed by atoms with Gasteiger partial charge >= 0.3 is 0 Å². The third-order valence-electron chi connectivity index (χ3n) is 1.33. The van der Waals surface area contributed by atoms with Crippen molar-refractivity contribution in [3.05, 3.63) is 43.2 Å². The Morgan fingerprint density at radius 1 is 1.29 bits per heavy atom. The summed E-state index contributed by atoms with van der Waals surface area (Å²) >= 11 is 0. The molecule has 0 fully saturated rings. The molecule has 0 bridgehead atoms. The minimum absolute atomic E-state index is 1.03. The molecule has 0 aliphatic heterocycles. The van der Waals surface area contributed by atoms with E-state index < -0.39 is 0 Å². The van der Waals surface area contributed by atoms with E-state index in [2.05, 4.69) is 16.5 Å². The molecule has 0 spiro atoms. The second kappa shape index (κ2) is 8.05. The van der Waals surface area contributed by atoms with Crippen LogP contribution >= 0.6 is 0 Å². The Labute approximate surface area is 85.7 Å². The van der Waals surface area contributed by atoms with Gasteiger partial charge in [0.05, 0.1) is 17.4 Å². The van der Waals surface area contributed by atoms with Crippen molar-refractivity contribution in [2.24, 2.45) is 0 Å². The molecule has 1 aromatic carbocycles. The van der Waals surface area contributed by atoms with Crippen molar-refractivity contribution in [1.82, 2.24) is 9.97 Å². The second-order valence-electron chi connectivity index (χ2n) is 2.33. The van der Waals surface area contributed by atoms with Gasteiger partial charge in [-0.3, -0.25) is 0 Å². The van der Waals surface area contributed by atoms with Gasteiger partial charge in [-0.25, -0.2) is 4.98 Å². The summed E-state index contributed by atoms with van der Waals surface area (Å²) in [6, 6.07) is 7.94. The number of H-pyrrole nitrogens is 1. The molecule has 0 atom stereocenters. The normalized spacial score (nSPS) is 7.93. The smallest absolute Gasteiger partial charge is 0.0931 e. The molecule has 2 aromatic rings. The number of rotatable bonds is 0. The van der Waals surface area contributed by atoms with Gasteiger partial charge in [0.2, 0.25) is 0 Å². The number of para-hydroxylation sites is 2. The Hall–Kier alpha value is -1.57. The molecule has 0 saturated heterocycles. The maximum Gasteiger partial charge on any atom is 0.0931 e. The van der Waals surface area contributed by atoms with Gasteiger partial charge < -0.3 is 4.98 Å². The van der Waals surface area contributed by atoms with Gasteiger partial charge in [-0.15, -0.1) is 6.58 Å². The van der Waals surface area contributed by atoms with Crippen LogP contribution in [0.15, 0.2) is 43.2 Å². The summed E-state index contributed by atoms with van der Waals surface area (Å²) in [5, 5.41) is 0. The maximum atomic E-state index is 4.06. The van der Waals surface area contributed by atoms with E-state index >= 15 is 0 Å². The van der Waals surface area contributed by atoms with Crippen LogP contribution in [0.5, 0.6) is 0 Å². The zero-order chi connectivity index (χ0) is 10.8. The summed E-state index contributed by atoms with van der Waals surface area (Å²) < 4.78 is 0. The number of nitrogens with zero attached hydrogens (tertiary/aromatic N) is 1. The van der Waals surface area contributed by atoms with Crippen molar-refractivity contribution in [2.45, 2.75) is 20.8 Å². The highest BCUT2D eigenvalue weighted by Crippen LogP contribution is 2.05. The van der Waals surface area contributed by atoms with Gasteiger partial charge in [-0.05, 0) is 19.1 Å². The highest BCUT2D eigenvalue weighted by molar-refractivity contribution is 5.73. The third-order valence-corrected chi connectivity index (χ3v) is 1.33. The Balaban J connectivity index is 0.000000294. The minimum atomic E-state index is 1.03. The number of fused-ring (bicyclic) bond motifs is 1. The quantitative estimate of drug-likeness (QED) is 0.629. The van der Waals surface area contributed by atoms with Crippen molar-refractivity contribution in [1.29, 1.82) is 0 Å². The lowest BCUT2D eigenvalue weighted by Crippen LogP contribution is -1.63. The molecule has 1 heterocycles. The molecule has 2 heteroatoms. The molecule has 0 radical (unpaired) electrons. The molecule has 0 unspecified atom stereocenters. The number of aromatic amines is 1. The van der Waals surface area contributed by atoms with E-state index in [4.69, 9.17) is 0 Å². The molecule has 0 saturated carbocycles. The predicted octanol–water partition coefficient (Wildman–Crippen LogP) is 3.78. The van der Waals surface area contributed by atoms with Gasteiger partial charge in [-0.2, -0.15) is 0 Å². The molecule has 0 aliphatic rings. The highest BCUT2D eigenvalue weighted by atomic mass is 14.9. The standard InChI is InChI=1S/C7H6N2.C3H6.C2H6/c1-2-4-7-6(3-1)8-5-9-7;1-3-2;1-2/h1-5H,(H,8,9);3H,1H2,2H3;1-2H3. The summed E-state index contributed by atoms with van der Waals surface area (Å²) in [7, 11) is 0. The molecule has 14 heavy (non-hydrogen) atoms. The highest BCUT2D eigenvalue weighted by Gasteiger charge is 1.88. The first-order valence-corrected chi connectivity index (χ1v) is 4.83. The molecule has 1 aromatic heterocycles. The van der Waals surface area contributed by atoms with Crippen molar-refractivity contribution in [3.63, 3.8) is 0 Å². The van der Waals surface area contributed by atoms with E-state index in [0.717, 1.165) is 11.0 Å². The second-order valence-corrected chi connectivity index (χ2v) is 2.33. The largest absolute Gasteiger partial charge is 0.345 e. The number of benzene rings is 1. The van der Waals surface area contributed by atoms with Gasteiger partial charge in [0, 0.05) is 0 Å². The first kappa shape index (κ1) is 12.4. The number of imidazole rings is 1. The maximum absolute atomic E-state index is 4.06. The summed E-state index contributed by atoms with van der Waals surface area (Å²) in [6.45, 7) is 9.25. The summed E-state index contributed by atoms with van der Waals surface area (Å²) in [6.07, 6.45) is 3.45. The SMILES string of the molecule is C=CC.CC.c1ccc2[nH]cnc2c1. The van der Waals surface area contributed by atoms with E-state index in [1.807, 2.05) is 45.0 Å². The fraction of sp³-hybridized carbons (Fsp3) is 0.250.